The van der Waals surface area contributed by atoms with Gasteiger partial charge in [0, 0.05) is 33.5 Å². The van der Waals surface area contributed by atoms with Gasteiger partial charge < -0.3 is 5.32 Å². The zero-order valence-electron chi connectivity index (χ0n) is 14.7. The number of nitrogens with zero attached hydrogens (tertiary/aromatic N) is 1. The van der Waals surface area contributed by atoms with E-state index in [9.17, 15) is 9.00 Å². The van der Waals surface area contributed by atoms with Crippen molar-refractivity contribution in [3.05, 3.63) is 41.4 Å². The first-order valence-corrected chi connectivity index (χ1v) is 11.1. The number of hydrogen-bond donors (Lipinski definition) is 1. The van der Waals surface area contributed by atoms with Crippen LogP contribution in [-0.2, 0) is 21.0 Å². The van der Waals surface area contributed by atoms with Crippen LogP contribution >= 0.6 is 11.3 Å². The predicted octanol–water partition coefficient (Wildman–Crippen LogP) is 4.36. The Balaban J connectivity index is 1.89. The van der Waals surface area contributed by atoms with Gasteiger partial charge in [-0.3, -0.25) is 9.00 Å². The van der Waals surface area contributed by atoms with Crippen LogP contribution in [0.15, 0.2) is 40.7 Å². The van der Waals surface area contributed by atoms with Gasteiger partial charge in [0.15, 0.2) is 5.13 Å². The minimum atomic E-state index is -1.01. The molecule has 1 aliphatic rings. The Bertz CT molecular complexity index is 737. The third-order valence-electron chi connectivity index (χ3n) is 5.15. The molecule has 6 heteroatoms. The monoisotopic (exact) mass is 376 g/mol. The maximum atomic E-state index is 13.1. The van der Waals surface area contributed by atoms with Crippen molar-refractivity contribution in [3.8, 4) is 0 Å². The lowest BCUT2D eigenvalue weighted by Crippen LogP contribution is -2.39. The highest BCUT2D eigenvalue weighted by Gasteiger charge is 2.38. The molecule has 2 unspecified atom stereocenters. The van der Waals surface area contributed by atoms with Crippen molar-refractivity contribution >= 4 is 33.2 Å². The van der Waals surface area contributed by atoms with Crippen molar-refractivity contribution in [2.75, 3.05) is 11.6 Å². The van der Waals surface area contributed by atoms with Gasteiger partial charge in [-0.15, -0.1) is 11.3 Å². The number of carbonyl (C=O) groups is 1. The highest BCUT2D eigenvalue weighted by atomic mass is 32.2. The average Bonchev–Trinajstić information content (AvgIpc) is 3.28. The van der Waals surface area contributed by atoms with Gasteiger partial charge in [-0.25, -0.2) is 4.98 Å². The number of hydrogen-bond acceptors (Lipinski definition) is 4. The maximum Gasteiger partial charge on any atom is 0.236 e. The molecule has 3 rings (SSSR count). The molecule has 25 heavy (non-hydrogen) atoms. The summed E-state index contributed by atoms with van der Waals surface area (Å²) in [6.07, 6.45) is 9.08. The largest absolute Gasteiger partial charge is 0.301 e. The van der Waals surface area contributed by atoms with Gasteiger partial charge in [-0.2, -0.15) is 0 Å². The first-order valence-electron chi connectivity index (χ1n) is 8.64. The second kappa shape index (κ2) is 7.79. The molecule has 134 valence electrons. The van der Waals surface area contributed by atoms with Gasteiger partial charge in [0.1, 0.15) is 0 Å². The summed E-state index contributed by atoms with van der Waals surface area (Å²) in [7, 11) is -1.01. The van der Waals surface area contributed by atoms with Gasteiger partial charge in [-0.05, 0) is 37.0 Å². The molecule has 1 fully saturated rings. The normalized spacial score (nSPS) is 18.6. The fraction of sp³-hybridized carbons (Fsp3) is 0.474. The van der Waals surface area contributed by atoms with Gasteiger partial charge in [0.05, 0.1) is 5.41 Å². The predicted molar refractivity (Wildman–Crippen MR) is 103 cm³/mol. The highest BCUT2D eigenvalue weighted by molar-refractivity contribution is 7.84. The van der Waals surface area contributed by atoms with Crippen molar-refractivity contribution in [1.29, 1.82) is 0 Å². The molecule has 0 bridgehead atoms. The fourth-order valence-electron chi connectivity index (χ4n) is 3.67. The van der Waals surface area contributed by atoms with Crippen molar-refractivity contribution in [3.63, 3.8) is 0 Å². The topological polar surface area (TPSA) is 59.1 Å². The summed E-state index contributed by atoms with van der Waals surface area (Å²) in [5.41, 5.74) is 0.358. The smallest absolute Gasteiger partial charge is 0.236 e. The lowest BCUT2D eigenvalue weighted by atomic mass is 9.74. The molecular formula is C19H24N2O2S2. The van der Waals surface area contributed by atoms with Crippen LogP contribution in [0.25, 0.3) is 0 Å². The minimum absolute atomic E-state index is 0.0141. The Morgan fingerprint density at radius 3 is 2.56 bits per heavy atom. The zero-order chi connectivity index (χ0) is 17.9. The number of nitrogens with one attached hydrogen (secondary N) is 1. The number of anilines is 1. The van der Waals surface area contributed by atoms with E-state index in [-0.39, 0.29) is 5.91 Å². The van der Waals surface area contributed by atoms with Gasteiger partial charge >= 0.3 is 0 Å². The molecule has 2 aromatic rings. The van der Waals surface area contributed by atoms with Crippen LogP contribution in [0.2, 0.25) is 0 Å². The summed E-state index contributed by atoms with van der Waals surface area (Å²) >= 11 is 1.43. The molecule has 1 amide bonds. The Morgan fingerprint density at radius 1 is 1.32 bits per heavy atom. The molecule has 0 aliphatic heterocycles. The van der Waals surface area contributed by atoms with E-state index in [4.69, 9.17) is 0 Å². The number of amides is 1. The fourth-order valence-corrected chi connectivity index (χ4v) is 4.71. The van der Waals surface area contributed by atoms with Gasteiger partial charge in [-0.1, -0.05) is 37.8 Å². The molecule has 1 aliphatic carbocycles. The highest BCUT2D eigenvalue weighted by Crippen LogP contribution is 2.39. The van der Waals surface area contributed by atoms with Gasteiger partial charge in [0.25, 0.3) is 0 Å². The van der Waals surface area contributed by atoms with Crippen molar-refractivity contribution in [2.24, 2.45) is 5.92 Å². The Kier molecular flexibility index (Phi) is 5.69. The Morgan fingerprint density at radius 2 is 2.00 bits per heavy atom. The number of aromatic nitrogens is 1. The number of thiazole rings is 1. The summed E-state index contributed by atoms with van der Waals surface area (Å²) in [5, 5.41) is 5.47. The van der Waals surface area contributed by atoms with E-state index in [1.165, 1.54) is 37.0 Å². The quantitative estimate of drug-likeness (QED) is 0.815. The first kappa shape index (κ1) is 18.3. The molecule has 1 saturated carbocycles. The van der Waals surface area contributed by atoms with E-state index in [0.29, 0.717) is 11.0 Å². The number of carbonyl (C=O) groups excluding carboxylic acids is 1. The molecule has 1 aromatic carbocycles. The van der Waals surface area contributed by atoms with Crippen LogP contribution in [0.3, 0.4) is 0 Å². The number of rotatable bonds is 6. The van der Waals surface area contributed by atoms with Crippen LogP contribution in [-0.4, -0.2) is 21.4 Å². The number of benzene rings is 1. The standard InChI is InChI=1S/C19H24N2O2S2/c1-19(13-14-5-3-4-6-14,17(22)21-18-20-11-12-24-18)15-7-9-16(10-8-15)25(2)23/h7-12,14H,3-6,13H2,1-2H3,(H,20,21,22). The lowest BCUT2D eigenvalue weighted by Gasteiger charge is -2.31. The summed E-state index contributed by atoms with van der Waals surface area (Å²) in [4.78, 5) is 18.1. The molecule has 1 aromatic heterocycles. The van der Waals surface area contributed by atoms with Gasteiger partial charge in [0.2, 0.25) is 5.91 Å². The Hall–Kier alpha value is -1.53. The lowest BCUT2D eigenvalue weighted by molar-refractivity contribution is -0.121. The van der Waals surface area contributed by atoms with E-state index in [0.717, 1.165) is 16.9 Å². The summed E-state index contributed by atoms with van der Waals surface area (Å²) in [5.74, 6) is 0.562. The van der Waals surface area contributed by atoms with Crippen molar-refractivity contribution in [1.82, 2.24) is 4.98 Å². The summed E-state index contributed by atoms with van der Waals surface area (Å²) < 4.78 is 11.7. The van der Waals surface area contributed by atoms with E-state index in [1.807, 2.05) is 36.6 Å². The van der Waals surface area contributed by atoms with Crippen LogP contribution < -0.4 is 5.32 Å². The van der Waals surface area contributed by atoms with E-state index < -0.39 is 16.2 Å². The van der Waals surface area contributed by atoms with E-state index in [2.05, 4.69) is 10.3 Å². The van der Waals surface area contributed by atoms with Crippen LogP contribution in [0.1, 0.15) is 44.6 Å². The Labute approximate surface area is 155 Å². The molecule has 0 spiro atoms. The van der Waals surface area contributed by atoms with E-state index >= 15 is 0 Å². The third-order valence-corrected chi connectivity index (χ3v) is 6.77. The second-order valence-electron chi connectivity index (χ2n) is 6.96. The molecule has 2 atom stereocenters. The summed E-state index contributed by atoms with van der Waals surface area (Å²) in [6.45, 7) is 2.02. The van der Waals surface area contributed by atoms with Crippen LogP contribution in [0, 0.1) is 5.92 Å². The maximum absolute atomic E-state index is 13.1. The molecule has 0 saturated heterocycles. The third kappa shape index (κ3) is 4.18. The van der Waals surface area contributed by atoms with Crippen LogP contribution in [0.4, 0.5) is 5.13 Å². The molecular weight excluding hydrogens is 352 g/mol. The SMILES string of the molecule is CS(=O)c1ccc(C(C)(CC2CCCC2)C(=O)Nc2nccs2)cc1. The zero-order valence-corrected chi connectivity index (χ0v) is 16.3. The molecule has 1 heterocycles. The minimum Gasteiger partial charge on any atom is -0.301 e. The second-order valence-corrected chi connectivity index (χ2v) is 9.23. The molecule has 4 nitrogen and oxygen atoms in total. The summed E-state index contributed by atoms with van der Waals surface area (Å²) in [6, 6.07) is 7.64. The molecule has 0 radical (unpaired) electrons. The van der Waals surface area contributed by atoms with E-state index in [1.54, 1.807) is 12.5 Å². The van der Waals surface area contributed by atoms with Crippen LogP contribution in [0.5, 0.6) is 0 Å². The average molecular weight is 377 g/mol. The molecule has 1 N–H and O–H groups in total. The van der Waals surface area contributed by atoms with Crippen molar-refractivity contribution in [2.45, 2.75) is 49.3 Å². The first-order chi connectivity index (χ1) is 12.0. The van der Waals surface area contributed by atoms with Crippen molar-refractivity contribution < 1.29 is 9.00 Å².